The van der Waals surface area contributed by atoms with Gasteiger partial charge >= 0.3 is 12.0 Å². The molecule has 0 aliphatic rings. The summed E-state index contributed by atoms with van der Waals surface area (Å²) in [6, 6.07) is 15.8. The molecule has 7 heteroatoms. The van der Waals surface area contributed by atoms with E-state index in [-0.39, 0.29) is 6.61 Å². The average Bonchev–Trinajstić information content (AvgIpc) is 3.06. The highest BCUT2D eigenvalue weighted by molar-refractivity contribution is 7.15. The summed E-state index contributed by atoms with van der Waals surface area (Å²) < 4.78 is 5.18. The Morgan fingerprint density at radius 3 is 2.56 bits per heavy atom. The van der Waals surface area contributed by atoms with Gasteiger partial charge in [-0.2, -0.15) is 0 Å². The van der Waals surface area contributed by atoms with Crippen molar-refractivity contribution in [3.05, 3.63) is 70.6 Å². The Balaban J connectivity index is 1.87. The molecule has 0 atom stereocenters. The van der Waals surface area contributed by atoms with Gasteiger partial charge < -0.3 is 10.1 Å². The van der Waals surface area contributed by atoms with Crippen molar-refractivity contribution in [2.24, 2.45) is 0 Å². The predicted molar refractivity (Wildman–Crippen MR) is 110 cm³/mol. The van der Waals surface area contributed by atoms with Gasteiger partial charge in [-0.15, -0.1) is 11.3 Å². The third-order valence-corrected chi connectivity index (χ3v) is 4.80. The van der Waals surface area contributed by atoms with Gasteiger partial charge in [0, 0.05) is 21.7 Å². The van der Waals surface area contributed by atoms with E-state index in [9.17, 15) is 9.59 Å². The Hall–Kier alpha value is -2.83. The standard InChI is InChI=1S/C20H17ClN2O3S/c1-2-26-19(24)17-16(13-7-4-3-5-8-13)12-27-18(17)23-20(25)22-15-10-6-9-14(21)11-15/h3-12H,2H2,1H3,(H2,22,23,25). The van der Waals surface area contributed by atoms with Gasteiger partial charge in [-0.3, -0.25) is 5.32 Å². The lowest BCUT2D eigenvalue weighted by molar-refractivity contribution is 0.0529. The first-order valence-electron chi connectivity index (χ1n) is 8.26. The molecule has 5 nitrogen and oxygen atoms in total. The number of hydrogen-bond acceptors (Lipinski definition) is 4. The van der Waals surface area contributed by atoms with E-state index in [1.807, 2.05) is 35.7 Å². The second-order valence-electron chi connectivity index (χ2n) is 5.53. The molecule has 0 saturated carbocycles. The third-order valence-electron chi connectivity index (χ3n) is 3.66. The molecule has 0 radical (unpaired) electrons. The number of nitrogens with one attached hydrogen (secondary N) is 2. The molecule has 3 rings (SSSR count). The fourth-order valence-corrected chi connectivity index (χ4v) is 3.66. The molecular formula is C20H17ClN2O3S. The summed E-state index contributed by atoms with van der Waals surface area (Å²) in [7, 11) is 0. The minimum absolute atomic E-state index is 0.247. The summed E-state index contributed by atoms with van der Waals surface area (Å²) in [5.74, 6) is -0.476. The van der Waals surface area contributed by atoms with Gasteiger partial charge in [0.15, 0.2) is 0 Å². The number of esters is 1. The number of urea groups is 1. The monoisotopic (exact) mass is 400 g/mol. The summed E-state index contributed by atoms with van der Waals surface area (Å²) in [4.78, 5) is 24.9. The van der Waals surface area contributed by atoms with Crippen LogP contribution in [0, 0.1) is 0 Å². The van der Waals surface area contributed by atoms with Gasteiger partial charge in [-0.05, 0) is 30.7 Å². The maximum Gasteiger partial charge on any atom is 0.341 e. The maximum absolute atomic E-state index is 12.5. The molecule has 2 aromatic carbocycles. The van der Waals surface area contributed by atoms with Gasteiger partial charge in [0.1, 0.15) is 10.6 Å². The molecule has 0 spiro atoms. The summed E-state index contributed by atoms with van der Waals surface area (Å²) in [5.41, 5.74) is 2.49. The Morgan fingerprint density at radius 2 is 1.85 bits per heavy atom. The SMILES string of the molecule is CCOC(=O)c1c(-c2ccccc2)csc1NC(=O)Nc1cccc(Cl)c1. The van der Waals surface area contributed by atoms with E-state index in [2.05, 4.69) is 10.6 Å². The van der Waals surface area contributed by atoms with E-state index in [4.69, 9.17) is 16.3 Å². The molecule has 0 unspecified atom stereocenters. The van der Waals surface area contributed by atoms with Gasteiger partial charge in [0.05, 0.1) is 6.61 Å². The van der Waals surface area contributed by atoms with E-state index >= 15 is 0 Å². The van der Waals surface area contributed by atoms with Crippen LogP contribution in [0.4, 0.5) is 15.5 Å². The molecule has 1 aromatic heterocycles. The summed E-state index contributed by atoms with van der Waals surface area (Å²) in [5, 5.41) is 8.20. The zero-order valence-electron chi connectivity index (χ0n) is 14.5. The third kappa shape index (κ3) is 4.67. The molecule has 27 heavy (non-hydrogen) atoms. The van der Waals surface area contributed by atoms with Crippen LogP contribution in [0.5, 0.6) is 0 Å². The van der Waals surface area contributed by atoms with Crippen molar-refractivity contribution in [1.82, 2.24) is 0 Å². The predicted octanol–water partition coefficient (Wildman–Crippen LogP) is 5.89. The van der Waals surface area contributed by atoms with Crippen LogP contribution in [0.25, 0.3) is 11.1 Å². The molecule has 0 aliphatic heterocycles. The van der Waals surface area contributed by atoms with E-state index in [1.165, 1.54) is 11.3 Å². The van der Waals surface area contributed by atoms with Crippen molar-refractivity contribution in [3.8, 4) is 11.1 Å². The Labute approximate surface area is 165 Å². The fraction of sp³-hybridized carbons (Fsp3) is 0.100. The Kier molecular flexibility index (Phi) is 6.11. The summed E-state index contributed by atoms with van der Waals surface area (Å²) >= 11 is 7.20. The molecule has 0 bridgehead atoms. The number of ether oxygens (including phenoxy) is 1. The van der Waals surface area contributed by atoms with Crippen LogP contribution in [0.2, 0.25) is 5.02 Å². The van der Waals surface area contributed by atoms with E-state index in [0.29, 0.717) is 21.3 Å². The van der Waals surface area contributed by atoms with Crippen molar-refractivity contribution in [2.45, 2.75) is 6.92 Å². The number of thiophene rings is 1. The molecule has 3 aromatic rings. The first kappa shape index (κ1) is 18.9. The number of carbonyl (C=O) groups is 2. The van der Waals surface area contributed by atoms with Crippen LogP contribution >= 0.6 is 22.9 Å². The number of hydrogen-bond donors (Lipinski definition) is 2. The van der Waals surface area contributed by atoms with Crippen LogP contribution in [0.1, 0.15) is 17.3 Å². The van der Waals surface area contributed by atoms with Gasteiger partial charge in [0.2, 0.25) is 0 Å². The van der Waals surface area contributed by atoms with E-state index < -0.39 is 12.0 Å². The number of anilines is 2. The normalized spacial score (nSPS) is 10.3. The first-order chi connectivity index (χ1) is 13.1. The lowest BCUT2D eigenvalue weighted by atomic mass is 10.0. The number of rotatable bonds is 5. The summed E-state index contributed by atoms with van der Waals surface area (Å²) in [6.45, 7) is 1.99. The van der Waals surface area contributed by atoms with Crippen LogP contribution in [0.3, 0.4) is 0 Å². The quantitative estimate of drug-likeness (QED) is 0.525. The average molecular weight is 401 g/mol. The van der Waals surface area contributed by atoms with Crippen molar-refractivity contribution < 1.29 is 14.3 Å². The molecule has 2 amide bonds. The molecule has 138 valence electrons. The molecule has 0 fully saturated rings. The zero-order valence-corrected chi connectivity index (χ0v) is 16.1. The molecule has 2 N–H and O–H groups in total. The number of carbonyl (C=O) groups excluding carboxylic acids is 2. The second kappa shape index (κ2) is 8.70. The van der Waals surface area contributed by atoms with Gasteiger partial charge in [0.25, 0.3) is 0 Å². The minimum Gasteiger partial charge on any atom is -0.462 e. The number of halogens is 1. The molecule has 0 saturated heterocycles. The van der Waals surface area contributed by atoms with E-state index in [1.54, 1.807) is 31.2 Å². The second-order valence-corrected chi connectivity index (χ2v) is 6.85. The highest BCUT2D eigenvalue weighted by Crippen LogP contribution is 2.36. The largest absolute Gasteiger partial charge is 0.462 e. The number of benzene rings is 2. The fourth-order valence-electron chi connectivity index (χ4n) is 2.52. The van der Waals surface area contributed by atoms with Crippen molar-refractivity contribution in [3.63, 3.8) is 0 Å². The van der Waals surface area contributed by atoms with Crippen LogP contribution in [-0.4, -0.2) is 18.6 Å². The minimum atomic E-state index is -0.476. The first-order valence-corrected chi connectivity index (χ1v) is 9.52. The highest BCUT2D eigenvalue weighted by atomic mass is 35.5. The lowest BCUT2D eigenvalue weighted by Crippen LogP contribution is -2.20. The Morgan fingerprint density at radius 1 is 1.07 bits per heavy atom. The van der Waals surface area contributed by atoms with Gasteiger partial charge in [-0.25, -0.2) is 9.59 Å². The van der Waals surface area contributed by atoms with Crippen LogP contribution in [0.15, 0.2) is 60.0 Å². The Bertz CT molecular complexity index is 957. The molecule has 1 heterocycles. The lowest BCUT2D eigenvalue weighted by Gasteiger charge is -2.10. The summed E-state index contributed by atoms with van der Waals surface area (Å²) in [6.07, 6.45) is 0. The number of amides is 2. The zero-order chi connectivity index (χ0) is 19.2. The van der Waals surface area contributed by atoms with Crippen LogP contribution < -0.4 is 10.6 Å². The van der Waals surface area contributed by atoms with Crippen molar-refractivity contribution in [1.29, 1.82) is 0 Å². The topological polar surface area (TPSA) is 67.4 Å². The maximum atomic E-state index is 12.5. The molecule has 0 aliphatic carbocycles. The highest BCUT2D eigenvalue weighted by Gasteiger charge is 2.22. The van der Waals surface area contributed by atoms with Gasteiger partial charge in [-0.1, -0.05) is 48.0 Å². The van der Waals surface area contributed by atoms with Crippen molar-refractivity contribution in [2.75, 3.05) is 17.2 Å². The van der Waals surface area contributed by atoms with Crippen LogP contribution in [-0.2, 0) is 4.74 Å². The van der Waals surface area contributed by atoms with E-state index in [0.717, 1.165) is 11.1 Å². The van der Waals surface area contributed by atoms with Crippen molar-refractivity contribution >= 4 is 45.6 Å². The smallest absolute Gasteiger partial charge is 0.341 e. The molecular weight excluding hydrogens is 384 g/mol.